The zero-order valence-electron chi connectivity index (χ0n) is 25.5. The van der Waals surface area contributed by atoms with Gasteiger partial charge in [0.2, 0.25) is 16.6 Å². The lowest BCUT2D eigenvalue weighted by Gasteiger charge is -2.51. The van der Waals surface area contributed by atoms with Crippen molar-refractivity contribution in [3.63, 3.8) is 0 Å². The molecule has 3 heterocycles. The maximum absolute atomic E-state index is 15.1. The minimum absolute atomic E-state index is 0.0164. The van der Waals surface area contributed by atoms with Crippen molar-refractivity contribution in [2.24, 2.45) is 17.9 Å². The molecule has 0 aliphatic carbocycles. The smallest absolute Gasteiger partial charge is 0.351 e. The Labute approximate surface area is 275 Å². The molecule has 1 fully saturated rings. The van der Waals surface area contributed by atoms with Crippen LogP contribution < -0.4 is 26.2 Å². The fraction of sp³-hybridized carbons (Fsp3) is 0.385. The van der Waals surface area contributed by atoms with Crippen LogP contribution in [0.2, 0.25) is 0 Å². The number of aliphatic carboxylic acids is 1. The molecule has 1 aliphatic rings. The van der Waals surface area contributed by atoms with Crippen molar-refractivity contribution in [3.8, 4) is 16.9 Å². The molecular formula is C26H30F2N8O10S2. The number of nitrogens with two attached hydrogens (primary N) is 2. The van der Waals surface area contributed by atoms with Crippen molar-refractivity contribution in [3.05, 3.63) is 47.2 Å². The highest BCUT2D eigenvalue weighted by atomic mass is 32.3. The Kier molecular flexibility index (Phi) is 10.6. The number of amides is 2. The minimum atomic E-state index is -5.31. The van der Waals surface area contributed by atoms with Crippen LogP contribution in [0.1, 0.15) is 26.0 Å². The Bertz CT molecular complexity index is 1840. The van der Waals surface area contributed by atoms with Gasteiger partial charge in [-0.1, -0.05) is 5.16 Å². The van der Waals surface area contributed by atoms with Crippen LogP contribution in [0.15, 0.2) is 35.1 Å². The summed E-state index contributed by atoms with van der Waals surface area (Å²) in [6, 6.07) is 0.292. The molecule has 0 unspecified atom stereocenters. The number of carbonyl (C=O) groups is 3. The Balaban J connectivity index is 1.50. The van der Waals surface area contributed by atoms with Crippen LogP contribution in [0.4, 0.5) is 13.9 Å². The zero-order chi connectivity index (χ0) is 35.6. The first kappa shape index (κ1) is 36.1. The second-order valence-electron chi connectivity index (χ2n) is 10.8. The van der Waals surface area contributed by atoms with Gasteiger partial charge in [-0.05, 0) is 26.8 Å². The van der Waals surface area contributed by atoms with E-state index in [4.69, 9.17) is 21.0 Å². The summed E-state index contributed by atoms with van der Waals surface area (Å²) >= 11 is 0.885. The molecule has 18 nitrogen and oxygen atoms in total. The zero-order valence-corrected chi connectivity index (χ0v) is 27.1. The van der Waals surface area contributed by atoms with E-state index >= 15 is 8.78 Å². The number of nitrogen functional groups attached to an aromatic ring is 1. The van der Waals surface area contributed by atoms with Crippen LogP contribution in [-0.2, 0) is 47.5 Å². The number of oxime groups is 1. The first-order valence-corrected chi connectivity index (χ1v) is 16.0. The SMILES string of the molecule is C[n+]1cc(-c2c(F)cc(OC[C@H](O/N=C(\C(=O)N[C@@H]3C(=O)N(OS(=O)(=O)[O-])C3(C)C)c3csc(N)n3)C(=O)O)cc2F)cn1CCCN. The van der Waals surface area contributed by atoms with E-state index in [1.165, 1.54) is 25.4 Å². The number of hydroxylamine groups is 2. The number of aryl methyl sites for hydroxylation is 2. The maximum Gasteiger partial charge on any atom is 0.351 e. The van der Waals surface area contributed by atoms with Gasteiger partial charge in [0.15, 0.2) is 17.9 Å². The molecule has 2 atom stereocenters. The van der Waals surface area contributed by atoms with Crippen LogP contribution in [0.25, 0.3) is 11.1 Å². The second-order valence-corrected chi connectivity index (χ2v) is 12.6. The van der Waals surface area contributed by atoms with Crippen molar-refractivity contribution in [2.45, 2.75) is 44.5 Å². The van der Waals surface area contributed by atoms with E-state index in [2.05, 4.69) is 19.7 Å². The van der Waals surface area contributed by atoms with Crippen molar-refractivity contribution in [1.82, 2.24) is 20.0 Å². The highest BCUT2D eigenvalue weighted by Gasteiger charge is 2.57. The van der Waals surface area contributed by atoms with Gasteiger partial charge in [0.1, 0.15) is 35.7 Å². The predicted octanol–water partition coefficient (Wildman–Crippen LogP) is -0.604. The summed E-state index contributed by atoms with van der Waals surface area (Å²) in [5, 5.41) is 17.1. The van der Waals surface area contributed by atoms with E-state index < -0.39 is 69.8 Å². The fourth-order valence-corrected chi connectivity index (χ4v) is 5.52. The van der Waals surface area contributed by atoms with Crippen LogP contribution in [0, 0.1) is 11.6 Å². The molecule has 0 saturated carbocycles. The minimum Gasteiger partial charge on any atom is -0.724 e. The third kappa shape index (κ3) is 8.02. The van der Waals surface area contributed by atoms with Gasteiger partial charge < -0.3 is 36.0 Å². The number of hydrogen-bond donors (Lipinski definition) is 4. The molecule has 1 saturated heterocycles. The highest BCUT2D eigenvalue weighted by molar-refractivity contribution is 7.80. The average molecular weight is 717 g/mol. The molecule has 0 spiro atoms. The second kappa shape index (κ2) is 14.1. The molecule has 0 radical (unpaired) electrons. The molecule has 1 aromatic carbocycles. The van der Waals surface area contributed by atoms with Crippen LogP contribution in [0.3, 0.4) is 0 Å². The molecule has 2 amide bonds. The number of anilines is 1. The molecule has 48 heavy (non-hydrogen) atoms. The highest BCUT2D eigenvalue weighted by Crippen LogP contribution is 2.33. The number of halogens is 2. The largest absolute Gasteiger partial charge is 0.724 e. The molecule has 22 heteroatoms. The van der Waals surface area contributed by atoms with E-state index in [9.17, 15) is 32.5 Å². The number of thiazole rings is 1. The summed E-state index contributed by atoms with van der Waals surface area (Å²) in [7, 11) is -3.61. The number of rotatable bonds is 15. The summed E-state index contributed by atoms with van der Waals surface area (Å²) in [6.45, 7) is 2.69. The van der Waals surface area contributed by atoms with Crippen LogP contribution in [-0.4, -0.2) is 87.1 Å². The molecule has 1 aliphatic heterocycles. The Morgan fingerprint density at radius 3 is 2.52 bits per heavy atom. The molecule has 260 valence electrons. The first-order valence-electron chi connectivity index (χ1n) is 13.8. The number of carboxylic acid groups (broad SMARTS) is 1. The van der Waals surface area contributed by atoms with Gasteiger partial charge >= 0.3 is 5.97 Å². The number of aromatic nitrogens is 3. The standard InChI is InChI=1S/C26H30F2N8O10S2/c1-26(2)21(23(38)36(26)46-48(41,42)43)32-22(37)20(17-12-47-25(30)31-17)33-45-18(24(39)40)11-44-14-7-15(27)19(16(28)8-14)13-9-34(3)35(10-13)6-4-5-29/h7-10,12,18,21H,4-6,11,29H2,1-3H3,(H4-,30,31,32,37,39,40,41,42,43)/b33-20-/t18-,21+/m0/s1. The van der Waals surface area contributed by atoms with Crippen molar-refractivity contribution >= 4 is 50.4 Å². The lowest BCUT2D eigenvalue weighted by atomic mass is 9.84. The fourth-order valence-electron chi connectivity index (χ4n) is 4.53. The van der Waals surface area contributed by atoms with Crippen molar-refractivity contribution in [1.29, 1.82) is 0 Å². The van der Waals surface area contributed by atoms with E-state index in [1.807, 2.05) is 0 Å². The predicted molar refractivity (Wildman–Crippen MR) is 159 cm³/mol. The normalized spacial score (nSPS) is 16.7. The molecular weight excluding hydrogens is 686 g/mol. The maximum atomic E-state index is 15.1. The van der Waals surface area contributed by atoms with E-state index in [0.717, 1.165) is 23.5 Å². The summed E-state index contributed by atoms with van der Waals surface area (Å²) in [5.41, 5.74) is 8.72. The third-order valence-corrected chi connectivity index (χ3v) is 7.97. The number of hydrogen-bond acceptors (Lipinski definition) is 14. The van der Waals surface area contributed by atoms with E-state index in [-0.39, 0.29) is 32.8 Å². The summed E-state index contributed by atoms with van der Waals surface area (Å²) in [4.78, 5) is 46.5. The molecule has 2 aromatic heterocycles. The van der Waals surface area contributed by atoms with E-state index in [1.54, 1.807) is 22.6 Å². The number of nitrogens with one attached hydrogen (secondary N) is 1. The average Bonchev–Trinajstić information content (AvgIpc) is 3.58. The molecule has 0 bridgehead atoms. The van der Waals surface area contributed by atoms with Crippen molar-refractivity contribution in [2.75, 3.05) is 18.9 Å². The lowest BCUT2D eigenvalue weighted by molar-refractivity contribution is -0.753. The van der Waals surface area contributed by atoms with Gasteiger partial charge in [-0.25, -0.2) is 27.0 Å². The third-order valence-electron chi connectivity index (χ3n) is 6.96. The van der Waals surface area contributed by atoms with E-state index in [0.29, 0.717) is 19.5 Å². The summed E-state index contributed by atoms with van der Waals surface area (Å²) in [5.74, 6) is -6.21. The van der Waals surface area contributed by atoms with Gasteiger partial charge in [0, 0.05) is 17.5 Å². The molecule has 4 rings (SSSR count). The number of nitrogens with zero attached hydrogens (tertiary/aromatic N) is 5. The van der Waals surface area contributed by atoms with Crippen LogP contribution >= 0.6 is 11.3 Å². The van der Waals surface area contributed by atoms with Gasteiger partial charge in [-0.2, -0.15) is 14.0 Å². The monoisotopic (exact) mass is 716 g/mol. The lowest BCUT2D eigenvalue weighted by Crippen LogP contribution is -2.76. The number of ether oxygens (including phenoxy) is 1. The number of β-lactam (4-membered cyclic amide) rings is 1. The van der Waals surface area contributed by atoms with Crippen LogP contribution in [0.5, 0.6) is 5.75 Å². The first-order chi connectivity index (χ1) is 22.4. The Morgan fingerprint density at radius 1 is 1.31 bits per heavy atom. The molecule has 3 aromatic rings. The number of carboxylic acids is 1. The van der Waals surface area contributed by atoms with Gasteiger partial charge in [-0.15, -0.1) is 16.0 Å². The van der Waals surface area contributed by atoms with Gasteiger partial charge in [0.25, 0.3) is 17.9 Å². The molecule has 6 N–H and O–H groups in total. The van der Waals surface area contributed by atoms with Gasteiger partial charge in [-0.3, -0.25) is 9.59 Å². The van der Waals surface area contributed by atoms with Crippen molar-refractivity contribution < 1.29 is 59.8 Å². The number of benzene rings is 1. The van der Waals surface area contributed by atoms with Gasteiger partial charge in [0.05, 0.1) is 29.4 Å². The Morgan fingerprint density at radius 2 is 1.98 bits per heavy atom. The summed E-state index contributed by atoms with van der Waals surface area (Å²) < 4.78 is 75.8. The number of carbonyl (C=O) groups excluding carboxylic acids is 2. The Hall–Kier alpha value is -4.77. The summed E-state index contributed by atoms with van der Waals surface area (Å²) in [6.07, 6.45) is 1.79. The quantitative estimate of drug-likeness (QED) is 0.0383. The topological polar surface area (TPSA) is 258 Å².